The second-order valence-corrected chi connectivity index (χ2v) is 7.57. The molecule has 0 aliphatic carbocycles. The van der Waals surface area contributed by atoms with E-state index < -0.39 is 24.9 Å². The van der Waals surface area contributed by atoms with Crippen molar-refractivity contribution in [1.29, 1.82) is 0 Å². The summed E-state index contributed by atoms with van der Waals surface area (Å²) in [6.07, 6.45) is -2.66. The van der Waals surface area contributed by atoms with Crippen molar-refractivity contribution in [2.75, 3.05) is 18.9 Å². The first kappa shape index (κ1) is 21.2. The number of fused-ring (bicyclic) bond motifs is 1. The zero-order chi connectivity index (χ0) is 21.0. The Hall–Kier alpha value is -2.52. The lowest BCUT2D eigenvalue weighted by atomic mass is 10.0. The molecule has 1 heterocycles. The van der Waals surface area contributed by atoms with Crippen LogP contribution in [0.1, 0.15) is 33.1 Å². The smallest absolute Gasteiger partial charge is 0.255 e. The average molecular weight is 467 g/mol. The monoisotopic (exact) mass is 466 g/mol. The number of hydrogen-bond donors (Lipinski definition) is 4. The van der Waals surface area contributed by atoms with E-state index in [0.717, 1.165) is 18.7 Å². The third-order valence-corrected chi connectivity index (χ3v) is 5.04. The Balaban J connectivity index is 1.93. The van der Waals surface area contributed by atoms with Gasteiger partial charge in [0, 0.05) is 35.9 Å². The van der Waals surface area contributed by atoms with E-state index in [2.05, 4.69) is 37.2 Å². The minimum atomic E-state index is -2.66. The van der Waals surface area contributed by atoms with E-state index >= 15 is 0 Å². The number of amides is 2. The van der Waals surface area contributed by atoms with Gasteiger partial charge in [0.05, 0.1) is 6.54 Å². The molecule has 4 N–H and O–H groups in total. The van der Waals surface area contributed by atoms with E-state index in [1.165, 1.54) is 12.6 Å². The van der Waals surface area contributed by atoms with Gasteiger partial charge in [-0.25, -0.2) is 8.78 Å². The quantitative estimate of drug-likeness (QED) is 0.505. The Bertz CT molecular complexity index is 923. The molecule has 2 aromatic rings. The van der Waals surface area contributed by atoms with E-state index in [4.69, 9.17) is 0 Å². The summed E-state index contributed by atoms with van der Waals surface area (Å²) in [5, 5.41) is 11.2. The molecule has 2 amide bonds. The number of rotatable bonds is 7. The van der Waals surface area contributed by atoms with Gasteiger partial charge in [0.1, 0.15) is 6.04 Å². The SMILES string of the molecule is CNC(=O)c1cc(Br)cc([C@H](Nc2ccc3c(c2)CNC3)C(=O)NCC(F)F)c1. The molecule has 0 radical (unpaired) electrons. The van der Waals surface area contributed by atoms with Crippen LogP contribution in [0.25, 0.3) is 0 Å². The van der Waals surface area contributed by atoms with Crippen LogP contribution in [-0.2, 0) is 17.9 Å². The summed E-state index contributed by atoms with van der Waals surface area (Å²) in [5.41, 5.74) is 3.80. The second kappa shape index (κ2) is 9.32. The zero-order valence-corrected chi connectivity index (χ0v) is 17.3. The first-order valence-electron chi connectivity index (χ1n) is 9.05. The molecule has 29 heavy (non-hydrogen) atoms. The summed E-state index contributed by atoms with van der Waals surface area (Å²) in [6.45, 7) is 0.765. The lowest BCUT2D eigenvalue weighted by molar-refractivity contribution is -0.122. The maximum absolute atomic E-state index is 12.7. The van der Waals surface area contributed by atoms with Crippen molar-refractivity contribution in [3.05, 3.63) is 63.1 Å². The fourth-order valence-electron chi connectivity index (χ4n) is 3.19. The van der Waals surface area contributed by atoms with Crippen molar-refractivity contribution in [2.24, 2.45) is 0 Å². The van der Waals surface area contributed by atoms with Crippen LogP contribution in [0.5, 0.6) is 0 Å². The van der Waals surface area contributed by atoms with Gasteiger partial charge in [-0.1, -0.05) is 22.0 Å². The third-order valence-electron chi connectivity index (χ3n) is 4.58. The summed E-state index contributed by atoms with van der Waals surface area (Å²) in [6, 6.07) is 9.65. The zero-order valence-electron chi connectivity index (χ0n) is 15.7. The number of nitrogens with one attached hydrogen (secondary N) is 4. The molecule has 1 aliphatic rings. The molecule has 2 aromatic carbocycles. The third kappa shape index (κ3) is 5.30. The number of halogens is 3. The maximum Gasteiger partial charge on any atom is 0.255 e. The van der Waals surface area contributed by atoms with Crippen molar-refractivity contribution in [2.45, 2.75) is 25.6 Å². The van der Waals surface area contributed by atoms with Crippen molar-refractivity contribution in [3.63, 3.8) is 0 Å². The second-order valence-electron chi connectivity index (χ2n) is 6.65. The Morgan fingerprint density at radius 3 is 2.62 bits per heavy atom. The van der Waals surface area contributed by atoms with Crippen LogP contribution in [0.3, 0.4) is 0 Å². The van der Waals surface area contributed by atoms with Crippen LogP contribution < -0.4 is 21.3 Å². The molecule has 154 valence electrons. The number of carbonyl (C=O) groups excluding carboxylic acids is 2. The summed E-state index contributed by atoms with van der Waals surface area (Å²) in [4.78, 5) is 24.8. The van der Waals surface area contributed by atoms with Gasteiger partial charge in [-0.2, -0.15) is 0 Å². The maximum atomic E-state index is 12.7. The molecule has 6 nitrogen and oxygen atoms in total. The van der Waals surface area contributed by atoms with Crippen LogP contribution in [0.2, 0.25) is 0 Å². The highest BCUT2D eigenvalue weighted by Gasteiger charge is 2.24. The Morgan fingerprint density at radius 2 is 1.90 bits per heavy atom. The molecule has 0 saturated heterocycles. The number of benzene rings is 2. The molecular weight excluding hydrogens is 446 g/mol. The molecule has 0 fully saturated rings. The lowest BCUT2D eigenvalue weighted by Gasteiger charge is -2.21. The number of carbonyl (C=O) groups is 2. The molecule has 0 saturated carbocycles. The molecule has 0 unspecified atom stereocenters. The van der Waals surface area contributed by atoms with E-state index in [0.29, 0.717) is 21.3 Å². The van der Waals surface area contributed by atoms with E-state index in [-0.39, 0.29) is 5.91 Å². The molecular formula is C20H21BrF2N4O2. The van der Waals surface area contributed by atoms with Crippen molar-refractivity contribution < 1.29 is 18.4 Å². The highest BCUT2D eigenvalue weighted by Crippen LogP contribution is 2.27. The van der Waals surface area contributed by atoms with Gasteiger partial charge >= 0.3 is 0 Å². The van der Waals surface area contributed by atoms with E-state index in [1.54, 1.807) is 18.2 Å². The van der Waals surface area contributed by atoms with Crippen LogP contribution in [0, 0.1) is 0 Å². The molecule has 0 aromatic heterocycles. The molecule has 0 spiro atoms. The van der Waals surface area contributed by atoms with Crippen LogP contribution in [0.15, 0.2) is 40.9 Å². The molecule has 1 atom stereocenters. The van der Waals surface area contributed by atoms with Gasteiger partial charge in [0.2, 0.25) is 5.91 Å². The molecule has 1 aliphatic heterocycles. The number of anilines is 1. The normalized spacial score (nSPS) is 13.7. The Labute approximate surface area is 175 Å². The lowest BCUT2D eigenvalue weighted by Crippen LogP contribution is -2.36. The predicted octanol–water partition coefficient (Wildman–Crippen LogP) is 2.95. The average Bonchev–Trinajstić information content (AvgIpc) is 3.16. The largest absolute Gasteiger partial charge is 0.370 e. The van der Waals surface area contributed by atoms with Crippen molar-refractivity contribution >= 4 is 33.4 Å². The van der Waals surface area contributed by atoms with Crippen LogP contribution >= 0.6 is 15.9 Å². The van der Waals surface area contributed by atoms with E-state index in [1.807, 2.05) is 18.2 Å². The minimum Gasteiger partial charge on any atom is -0.370 e. The van der Waals surface area contributed by atoms with Gasteiger partial charge < -0.3 is 21.3 Å². The fraction of sp³-hybridized carbons (Fsp3) is 0.300. The van der Waals surface area contributed by atoms with E-state index in [9.17, 15) is 18.4 Å². The minimum absolute atomic E-state index is 0.317. The van der Waals surface area contributed by atoms with Crippen LogP contribution in [-0.4, -0.2) is 31.8 Å². The van der Waals surface area contributed by atoms with Gasteiger partial charge in [-0.15, -0.1) is 0 Å². The molecule has 0 bridgehead atoms. The van der Waals surface area contributed by atoms with Gasteiger partial charge in [0.25, 0.3) is 12.3 Å². The highest BCUT2D eigenvalue weighted by atomic mass is 79.9. The Morgan fingerprint density at radius 1 is 1.14 bits per heavy atom. The first-order chi connectivity index (χ1) is 13.9. The summed E-state index contributed by atoms with van der Waals surface area (Å²) in [7, 11) is 1.51. The summed E-state index contributed by atoms with van der Waals surface area (Å²) in [5.74, 6) is -0.923. The van der Waals surface area contributed by atoms with Gasteiger partial charge in [-0.3, -0.25) is 9.59 Å². The van der Waals surface area contributed by atoms with Gasteiger partial charge in [-0.05, 0) is 47.0 Å². The summed E-state index contributed by atoms with van der Waals surface area (Å²) < 4.78 is 25.8. The number of hydrogen-bond acceptors (Lipinski definition) is 4. The molecule has 3 rings (SSSR count). The van der Waals surface area contributed by atoms with Crippen molar-refractivity contribution in [1.82, 2.24) is 16.0 Å². The topological polar surface area (TPSA) is 82.3 Å². The predicted molar refractivity (Wildman–Crippen MR) is 110 cm³/mol. The van der Waals surface area contributed by atoms with Crippen LogP contribution in [0.4, 0.5) is 14.5 Å². The highest BCUT2D eigenvalue weighted by molar-refractivity contribution is 9.10. The Kier molecular flexibility index (Phi) is 6.81. The molecule has 9 heteroatoms. The summed E-state index contributed by atoms with van der Waals surface area (Å²) >= 11 is 3.35. The van der Waals surface area contributed by atoms with Crippen molar-refractivity contribution in [3.8, 4) is 0 Å². The first-order valence-corrected chi connectivity index (χ1v) is 9.84. The fourth-order valence-corrected chi connectivity index (χ4v) is 3.70. The number of alkyl halides is 2. The standard InChI is InChI=1S/C20H21BrF2N4O2/c1-24-19(28)13-4-12(5-15(21)6-13)18(20(29)26-10-17(22)23)27-16-3-2-11-8-25-9-14(11)7-16/h2-7,17-18,25,27H,8-10H2,1H3,(H,24,28)(H,26,29)/t18-/m0/s1. The van der Waals surface area contributed by atoms with Gasteiger partial charge in [0.15, 0.2) is 0 Å².